The van der Waals surface area contributed by atoms with Crippen LogP contribution in [0.5, 0.6) is 0 Å². The Bertz CT molecular complexity index is 1010. The Kier molecular flexibility index (Phi) is 7.19. The average molecular weight is 466 g/mol. The lowest BCUT2D eigenvalue weighted by Crippen LogP contribution is -2.63. The fourth-order valence-corrected chi connectivity index (χ4v) is 4.89. The minimum atomic E-state index is -0.817. The van der Waals surface area contributed by atoms with Crippen molar-refractivity contribution in [3.05, 3.63) is 59.3 Å². The molecular formula is C26H35N5O3. The van der Waals surface area contributed by atoms with Gasteiger partial charge in [-0.05, 0) is 50.8 Å². The number of anilines is 1. The van der Waals surface area contributed by atoms with Gasteiger partial charge in [0, 0.05) is 50.6 Å². The van der Waals surface area contributed by atoms with Crippen molar-refractivity contribution in [1.29, 1.82) is 0 Å². The van der Waals surface area contributed by atoms with Gasteiger partial charge in [0.05, 0.1) is 18.2 Å². The average Bonchev–Trinajstić information content (AvgIpc) is 2.80. The molecule has 0 atom stereocenters. The van der Waals surface area contributed by atoms with Crippen LogP contribution in [0.15, 0.2) is 42.6 Å². The molecule has 182 valence electrons. The number of aryl methyl sites for hydroxylation is 1. The molecule has 3 N–H and O–H groups in total. The molecule has 4 rings (SSSR count). The third-order valence-electron chi connectivity index (χ3n) is 7.01. The van der Waals surface area contributed by atoms with Crippen LogP contribution in [0.25, 0.3) is 0 Å². The summed E-state index contributed by atoms with van der Waals surface area (Å²) in [5.74, 6) is 0.470. The molecule has 8 nitrogen and oxygen atoms in total. The van der Waals surface area contributed by atoms with Crippen LogP contribution in [0.3, 0.4) is 0 Å². The van der Waals surface area contributed by atoms with Crippen LogP contribution in [-0.4, -0.2) is 72.6 Å². The van der Waals surface area contributed by atoms with Crippen LogP contribution >= 0.6 is 0 Å². The van der Waals surface area contributed by atoms with Crippen LogP contribution in [-0.2, 0) is 10.4 Å². The van der Waals surface area contributed by atoms with E-state index in [-0.39, 0.29) is 24.4 Å². The summed E-state index contributed by atoms with van der Waals surface area (Å²) in [6, 6.07) is 11.8. The lowest BCUT2D eigenvalue weighted by Gasteiger charge is -2.48. The normalized spacial score (nSPS) is 23.1. The van der Waals surface area contributed by atoms with Crippen molar-refractivity contribution in [2.75, 3.05) is 38.6 Å². The van der Waals surface area contributed by atoms with Gasteiger partial charge in [0.1, 0.15) is 5.82 Å². The van der Waals surface area contributed by atoms with Gasteiger partial charge in [0.15, 0.2) is 0 Å². The van der Waals surface area contributed by atoms with E-state index >= 15 is 0 Å². The smallest absolute Gasteiger partial charge is 0.251 e. The largest absolute Gasteiger partial charge is 0.385 e. The number of hydrogen-bond donors (Lipinski definition) is 3. The molecule has 2 fully saturated rings. The van der Waals surface area contributed by atoms with Gasteiger partial charge in [-0.1, -0.05) is 23.8 Å². The number of nitrogens with zero attached hydrogens (tertiary/aromatic N) is 3. The molecule has 2 aromatic rings. The van der Waals surface area contributed by atoms with E-state index in [0.29, 0.717) is 24.4 Å². The van der Waals surface area contributed by atoms with Crippen LogP contribution in [0, 0.1) is 6.92 Å². The zero-order valence-corrected chi connectivity index (χ0v) is 20.3. The highest BCUT2D eigenvalue weighted by Crippen LogP contribution is 2.39. The minimum absolute atomic E-state index is 0.0274. The van der Waals surface area contributed by atoms with Gasteiger partial charge in [-0.3, -0.25) is 14.5 Å². The van der Waals surface area contributed by atoms with Crippen LogP contribution < -0.4 is 15.5 Å². The first-order chi connectivity index (χ1) is 16.2. The van der Waals surface area contributed by atoms with Crippen molar-refractivity contribution in [2.24, 2.45) is 0 Å². The van der Waals surface area contributed by atoms with E-state index in [1.165, 1.54) is 0 Å². The number of benzene rings is 1. The van der Waals surface area contributed by atoms with Crippen molar-refractivity contribution >= 4 is 17.6 Å². The molecule has 2 heterocycles. The SMILES string of the molecule is Cc1cccc(C(=O)NCC(=O)NC2CN(C3CCC(O)(c4ccc(N(C)C)nc4)CC3)C2)c1. The molecule has 1 aromatic heterocycles. The van der Waals surface area contributed by atoms with E-state index in [0.717, 1.165) is 42.9 Å². The highest BCUT2D eigenvalue weighted by Gasteiger charge is 2.40. The molecule has 2 amide bonds. The molecule has 0 spiro atoms. The van der Waals surface area contributed by atoms with Crippen LogP contribution in [0.2, 0.25) is 0 Å². The van der Waals surface area contributed by atoms with Crippen molar-refractivity contribution < 1.29 is 14.7 Å². The van der Waals surface area contributed by atoms with Gasteiger partial charge in [0.25, 0.3) is 5.91 Å². The summed E-state index contributed by atoms with van der Waals surface area (Å²) in [5.41, 5.74) is 1.64. The summed E-state index contributed by atoms with van der Waals surface area (Å²) in [6.07, 6.45) is 5.04. The number of hydrogen-bond acceptors (Lipinski definition) is 6. The molecule has 2 aliphatic rings. The molecule has 0 bridgehead atoms. The number of aromatic nitrogens is 1. The fraction of sp³-hybridized carbons (Fsp3) is 0.500. The van der Waals surface area contributed by atoms with E-state index in [2.05, 4.69) is 20.5 Å². The highest BCUT2D eigenvalue weighted by molar-refractivity contribution is 5.96. The Balaban J connectivity index is 1.17. The van der Waals surface area contributed by atoms with Gasteiger partial charge in [0.2, 0.25) is 5.91 Å². The maximum atomic E-state index is 12.3. The first-order valence-electron chi connectivity index (χ1n) is 12.0. The Morgan fingerprint density at radius 3 is 2.53 bits per heavy atom. The quantitative estimate of drug-likeness (QED) is 0.577. The van der Waals surface area contributed by atoms with Gasteiger partial charge in [-0.15, -0.1) is 0 Å². The molecule has 1 aliphatic carbocycles. The zero-order chi connectivity index (χ0) is 24.3. The maximum Gasteiger partial charge on any atom is 0.251 e. The molecule has 0 radical (unpaired) electrons. The third kappa shape index (κ3) is 5.56. The minimum Gasteiger partial charge on any atom is -0.385 e. The Labute approximate surface area is 201 Å². The number of carbonyl (C=O) groups is 2. The predicted octanol–water partition coefficient (Wildman–Crippen LogP) is 1.82. The lowest BCUT2D eigenvalue weighted by molar-refractivity contribution is -0.122. The van der Waals surface area contributed by atoms with Crippen LogP contribution in [0.1, 0.15) is 47.2 Å². The Morgan fingerprint density at radius 2 is 1.91 bits per heavy atom. The van der Waals surface area contributed by atoms with E-state index in [4.69, 9.17) is 0 Å². The number of pyridine rings is 1. The fourth-order valence-electron chi connectivity index (χ4n) is 4.89. The first-order valence-corrected chi connectivity index (χ1v) is 12.0. The number of carbonyl (C=O) groups excluding carboxylic acids is 2. The Morgan fingerprint density at radius 1 is 1.18 bits per heavy atom. The van der Waals surface area contributed by atoms with E-state index < -0.39 is 5.60 Å². The molecule has 0 unspecified atom stereocenters. The van der Waals surface area contributed by atoms with Crippen LogP contribution in [0.4, 0.5) is 5.82 Å². The van der Waals surface area contributed by atoms with Gasteiger partial charge in [-0.25, -0.2) is 4.98 Å². The number of aliphatic hydroxyl groups is 1. The molecule has 8 heteroatoms. The van der Waals surface area contributed by atoms with E-state index in [1.807, 2.05) is 50.2 Å². The Hall–Kier alpha value is -2.97. The van der Waals surface area contributed by atoms with E-state index in [1.54, 1.807) is 18.3 Å². The maximum absolute atomic E-state index is 12.3. The topological polar surface area (TPSA) is 97.8 Å². The second-order valence-corrected chi connectivity index (χ2v) is 9.83. The molecule has 34 heavy (non-hydrogen) atoms. The number of likely N-dealkylation sites (tertiary alicyclic amines) is 1. The van der Waals surface area contributed by atoms with Gasteiger partial charge < -0.3 is 20.6 Å². The monoisotopic (exact) mass is 465 g/mol. The van der Waals surface area contributed by atoms with Crippen molar-refractivity contribution in [1.82, 2.24) is 20.5 Å². The van der Waals surface area contributed by atoms with E-state index in [9.17, 15) is 14.7 Å². The molecule has 1 aromatic carbocycles. The summed E-state index contributed by atoms with van der Waals surface area (Å²) < 4.78 is 0. The summed E-state index contributed by atoms with van der Waals surface area (Å²) in [5, 5.41) is 16.9. The summed E-state index contributed by atoms with van der Waals surface area (Å²) in [7, 11) is 3.90. The molecule has 1 saturated heterocycles. The summed E-state index contributed by atoms with van der Waals surface area (Å²) >= 11 is 0. The van der Waals surface area contributed by atoms with Crippen molar-refractivity contribution in [3.8, 4) is 0 Å². The molecule has 1 saturated carbocycles. The molecular weight excluding hydrogens is 430 g/mol. The first kappa shape index (κ1) is 24.2. The highest BCUT2D eigenvalue weighted by atomic mass is 16.3. The molecule has 1 aliphatic heterocycles. The summed E-state index contributed by atoms with van der Waals surface area (Å²) in [6.45, 7) is 3.51. The number of amides is 2. The predicted molar refractivity (Wildman–Crippen MR) is 132 cm³/mol. The number of rotatable bonds is 7. The lowest BCUT2D eigenvalue weighted by atomic mass is 9.77. The summed E-state index contributed by atoms with van der Waals surface area (Å²) in [4.78, 5) is 33.2. The van der Waals surface area contributed by atoms with Crippen molar-refractivity contribution in [3.63, 3.8) is 0 Å². The van der Waals surface area contributed by atoms with Gasteiger partial charge in [-0.2, -0.15) is 0 Å². The second kappa shape index (κ2) is 10.1. The van der Waals surface area contributed by atoms with Gasteiger partial charge >= 0.3 is 0 Å². The standard InChI is InChI=1S/C26H35N5O3/c1-18-5-4-6-19(13-18)25(33)28-15-24(32)29-21-16-31(17-21)22-9-11-26(34,12-10-22)20-7-8-23(27-14-20)30(2)3/h4-8,13-14,21-22,34H,9-12,15-17H2,1-3H3,(H,28,33)(H,29,32). The number of nitrogens with one attached hydrogen (secondary N) is 2. The third-order valence-corrected chi connectivity index (χ3v) is 7.01. The second-order valence-electron chi connectivity index (χ2n) is 9.83. The van der Waals surface area contributed by atoms with Crippen molar-refractivity contribution in [2.45, 2.75) is 50.3 Å². The zero-order valence-electron chi connectivity index (χ0n) is 20.3.